The lowest BCUT2D eigenvalue weighted by Crippen LogP contribution is -2.57. The van der Waals surface area contributed by atoms with Crippen LogP contribution in [0.3, 0.4) is 0 Å². The van der Waals surface area contributed by atoms with Crippen LogP contribution in [-0.2, 0) is 4.79 Å². The van der Waals surface area contributed by atoms with Crippen molar-refractivity contribution in [2.45, 2.75) is 6.04 Å². The minimum atomic E-state index is 0.00685. The molecule has 1 amide bonds. The van der Waals surface area contributed by atoms with Crippen LogP contribution < -0.4 is 10.5 Å². The largest absolute Gasteiger partial charge is 0.484 e. The van der Waals surface area contributed by atoms with Gasteiger partial charge in [-0.1, -0.05) is 18.2 Å². The van der Waals surface area contributed by atoms with Crippen LogP contribution in [0.2, 0.25) is 0 Å². The van der Waals surface area contributed by atoms with Gasteiger partial charge in [-0.05, 0) is 19.2 Å². The second kappa shape index (κ2) is 6.54. The summed E-state index contributed by atoms with van der Waals surface area (Å²) in [7, 11) is 2.05. The van der Waals surface area contributed by atoms with E-state index in [9.17, 15) is 4.79 Å². The van der Waals surface area contributed by atoms with Crippen LogP contribution in [0.15, 0.2) is 30.3 Å². The molecule has 0 spiro atoms. The molecule has 1 aliphatic heterocycles. The molecule has 1 fully saturated rings. The molecule has 0 bridgehead atoms. The molecule has 0 radical (unpaired) electrons. The molecule has 1 aliphatic rings. The third-order valence-corrected chi connectivity index (χ3v) is 3.38. The first-order valence-corrected chi connectivity index (χ1v) is 6.56. The number of ether oxygens (including phenoxy) is 1. The van der Waals surface area contributed by atoms with E-state index >= 15 is 0 Å². The fourth-order valence-corrected chi connectivity index (χ4v) is 2.29. The molecule has 0 aromatic heterocycles. The van der Waals surface area contributed by atoms with Gasteiger partial charge in [0.05, 0.1) is 6.04 Å². The Kier molecular flexibility index (Phi) is 4.76. The van der Waals surface area contributed by atoms with Crippen molar-refractivity contribution in [2.75, 3.05) is 39.8 Å². The van der Waals surface area contributed by atoms with Gasteiger partial charge in [-0.3, -0.25) is 4.79 Å². The van der Waals surface area contributed by atoms with Crippen molar-refractivity contribution in [3.8, 4) is 5.75 Å². The third-order valence-electron chi connectivity index (χ3n) is 3.38. The van der Waals surface area contributed by atoms with E-state index in [1.165, 1.54) is 0 Å². The Balaban J connectivity index is 1.88. The zero-order chi connectivity index (χ0) is 13.7. The molecule has 5 heteroatoms. The van der Waals surface area contributed by atoms with Gasteiger partial charge in [-0.2, -0.15) is 0 Å². The fraction of sp³-hybridized carbons (Fsp3) is 0.500. The molecule has 0 aliphatic carbocycles. The smallest absolute Gasteiger partial charge is 0.260 e. The molecule has 1 saturated heterocycles. The molecule has 1 aromatic carbocycles. The molecule has 104 valence electrons. The van der Waals surface area contributed by atoms with E-state index in [4.69, 9.17) is 10.5 Å². The van der Waals surface area contributed by atoms with Crippen LogP contribution in [0.5, 0.6) is 5.75 Å². The van der Waals surface area contributed by atoms with Crippen molar-refractivity contribution >= 4 is 5.91 Å². The highest BCUT2D eigenvalue weighted by atomic mass is 16.5. The number of hydrogen-bond acceptors (Lipinski definition) is 4. The van der Waals surface area contributed by atoms with Gasteiger partial charge >= 0.3 is 0 Å². The van der Waals surface area contributed by atoms with Crippen molar-refractivity contribution < 1.29 is 9.53 Å². The Morgan fingerprint density at radius 2 is 2.11 bits per heavy atom. The molecule has 1 unspecified atom stereocenters. The van der Waals surface area contributed by atoms with Crippen molar-refractivity contribution in [1.82, 2.24) is 9.80 Å². The third kappa shape index (κ3) is 3.68. The Morgan fingerprint density at radius 1 is 1.37 bits per heavy atom. The van der Waals surface area contributed by atoms with Gasteiger partial charge in [0.2, 0.25) is 0 Å². The number of carbonyl (C=O) groups is 1. The molecule has 5 nitrogen and oxygen atoms in total. The van der Waals surface area contributed by atoms with E-state index in [-0.39, 0.29) is 18.6 Å². The Labute approximate surface area is 113 Å². The number of amides is 1. The summed E-state index contributed by atoms with van der Waals surface area (Å²) in [5, 5.41) is 0. The van der Waals surface area contributed by atoms with Gasteiger partial charge in [0.25, 0.3) is 5.91 Å². The SMILES string of the molecule is CN1CCN(C(=O)COc2ccccc2)C(CN)C1. The molecule has 1 atom stereocenters. The van der Waals surface area contributed by atoms with E-state index in [2.05, 4.69) is 4.90 Å². The number of likely N-dealkylation sites (N-methyl/N-ethyl adjacent to an activating group) is 1. The molecule has 2 N–H and O–H groups in total. The van der Waals surface area contributed by atoms with Crippen LogP contribution >= 0.6 is 0 Å². The van der Waals surface area contributed by atoms with Crippen LogP contribution in [0, 0.1) is 0 Å². The molecule has 1 aromatic rings. The van der Waals surface area contributed by atoms with Gasteiger partial charge in [0.15, 0.2) is 6.61 Å². The van der Waals surface area contributed by atoms with Crippen LogP contribution in [0.1, 0.15) is 0 Å². The van der Waals surface area contributed by atoms with Crippen LogP contribution in [0.25, 0.3) is 0 Å². The highest BCUT2D eigenvalue weighted by molar-refractivity contribution is 5.78. The van der Waals surface area contributed by atoms with Crippen molar-refractivity contribution in [3.05, 3.63) is 30.3 Å². The number of nitrogens with two attached hydrogens (primary N) is 1. The Morgan fingerprint density at radius 3 is 2.79 bits per heavy atom. The van der Waals surface area contributed by atoms with Gasteiger partial charge in [-0.15, -0.1) is 0 Å². The molecule has 1 heterocycles. The van der Waals surface area contributed by atoms with Crippen molar-refractivity contribution in [1.29, 1.82) is 0 Å². The first-order chi connectivity index (χ1) is 9.20. The number of piperazine rings is 1. The van der Waals surface area contributed by atoms with E-state index in [1.807, 2.05) is 42.3 Å². The number of nitrogens with zero attached hydrogens (tertiary/aromatic N) is 2. The highest BCUT2D eigenvalue weighted by Gasteiger charge is 2.27. The van der Waals surface area contributed by atoms with Gasteiger partial charge < -0.3 is 20.3 Å². The summed E-state index contributed by atoms with van der Waals surface area (Å²) in [5.41, 5.74) is 5.74. The normalized spacial score (nSPS) is 20.3. The fourth-order valence-electron chi connectivity index (χ4n) is 2.29. The zero-order valence-electron chi connectivity index (χ0n) is 11.3. The molecule has 0 saturated carbocycles. The van der Waals surface area contributed by atoms with Crippen LogP contribution in [-0.4, -0.2) is 61.6 Å². The maximum Gasteiger partial charge on any atom is 0.260 e. The zero-order valence-corrected chi connectivity index (χ0v) is 11.3. The Hall–Kier alpha value is -1.59. The number of carbonyl (C=O) groups excluding carboxylic acids is 1. The number of para-hydroxylation sites is 1. The molecular weight excluding hydrogens is 242 g/mol. The second-order valence-corrected chi connectivity index (χ2v) is 4.84. The van der Waals surface area contributed by atoms with Gasteiger partial charge in [0.1, 0.15) is 5.75 Å². The maximum atomic E-state index is 12.2. The number of rotatable bonds is 4. The van der Waals surface area contributed by atoms with Gasteiger partial charge in [-0.25, -0.2) is 0 Å². The summed E-state index contributed by atoms with van der Waals surface area (Å²) in [6, 6.07) is 9.47. The first kappa shape index (κ1) is 13.8. The average molecular weight is 263 g/mol. The lowest BCUT2D eigenvalue weighted by Gasteiger charge is -2.39. The lowest BCUT2D eigenvalue weighted by molar-refractivity contribution is -0.137. The average Bonchev–Trinajstić information content (AvgIpc) is 2.45. The van der Waals surface area contributed by atoms with E-state index in [1.54, 1.807) is 0 Å². The monoisotopic (exact) mass is 263 g/mol. The predicted octanol–water partition coefficient (Wildman–Crippen LogP) is 0.167. The molecule has 2 rings (SSSR count). The maximum absolute atomic E-state index is 12.2. The standard InChI is InChI=1S/C14H21N3O2/c1-16-7-8-17(12(9-15)10-16)14(18)11-19-13-5-3-2-4-6-13/h2-6,12H,7-11,15H2,1H3. The quantitative estimate of drug-likeness (QED) is 0.841. The van der Waals surface area contributed by atoms with E-state index in [0.717, 1.165) is 19.6 Å². The van der Waals surface area contributed by atoms with E-state index < -0.39 is 0 Å². The molecular formula is C14H21N3O2. The predicted molar refractivity (Wildman–Crippen MR) is 74.0 cm³/mol. The topological polar surface area (TPSA) is 58.8 Å². The minimum absolute atomic E-state index is 0.00685. The Bertz CT molecular complexity index is 410. The summed E-state index contributed by atoms with van der Waals surface area (Å²) in [6.45, 7) is 2.99. The summed E-state index contributed by atoms with van der Waals surface area (Å²) in [4.78, 5) is 16.2. The number of hydrogen-bond donors (Lipinski definition) is 1. The first-order valence-electron chi connectivity index (χ1n) is 6.56. The van der Waals surface area contributed by atoms with E-state index in [0.29, 0.717) is 12.3 Å². The molecule has 19 heavy (non-hydrogen) atoms. The van der Waals surface area contributed by atoms with Gasteiger partial charge in [0, 0.05) is 26.2 Å². The summed E-state index contributed by atoms with van der Waals surface area (Å²) < 4.78 is 5.50. The summed E-state index contributed by atoms with van der Waals surface area (Å²) in [6.07, 6.45) is 0. The van der Waals surface area contributed by atoms with Crippen molar-refractivity contribution in [2.24, 2.45) is 5.73 Å². The van der Waals surface area contributed by atoms with Crippen molar-refractivity contribution in [3.63, 3.8) is 0 Å². The second-order valence-electron chi connectivity index (χ2n) is 4.84. The summed E-state index contributed by atoms with van der Waals surface area (Å²) >= 11 is 0. The van der Waals surface area contributed by atoms with Crippen LogP contribution in [0.4, 0.5) is 0 Å². The number of benzene rings is 1. The highest BCUT2D eigenvalue weighted by Crippen LogP contribution is 2.11. The minimum Gasteiger partial charge on any atom is -0.484 e. The lowest BCUT2D eigenvalue weighted by atomic mass is 10.1. The summed E-state index contributed by atoms with van der Waals surface area (Å²) in [5.74, 6) is 0.724.